The van der Waals surface area contributed by atoms with Crippen molar-refractivity contribution in [1.82, 2.24) is 0 Å². The number of nitrogens with zero attached hydrogens (tertiary/aromatic N) is 2. The quantitative estimate of drug-likeness (QED) is 0.638. The van der Waals surface area contributed by atoms with E-state index in [4.69, 9.17) is 5.26 Å². The van der Waals surface area contributed by atoms with E-state index in [0.717, 1.165) is 0 Å². The summed E-state index contributed by atoms with van der Waals surface area (Å²) in [5.41, 5.74) is 1.03. The molecular formula is C14H10N2O3S. The molecule has 100 valence electrons. The summed E-state index contributed by atoms with van der Waals surface area (Å²) in [6, 6.07) is 16.3. The highest BCUT2D eigenvalue weighted by Gasteiger charge is 2.14. The van der Waals surface area contributed by atoms with Crippen molar-refractivity contribution in [1.29, 1.82) is 5.26 Å². The molecule has 0 bridgehead atoms. The monoisotopic (exact) mass is 286 g/mol. The smallest absolute Gasteiger partial charge is 0.265 e. The number of oxime groups is 1. The Balaban J connectivity index is 2.12. The van der Waals surface area contributed by atoms with Gasteiger partial charge >= 0.3 is 10.1 Å². The molecule has 2 aromatic carbocycles. The van der Waals surface area contributed by atoms with Crippen molar-refractivity contribution in [2.45, 2.75) is 4.90 Å². The summed E-state index contributed by atoms with van der Waals surface area (Å²) in [4.78, 5) is 0.0305. The molecule has 0 aliphatic rings. The molecule has 6 heteroatoms. The molecule has 0 amide bonds. The Bertz CT molecular complexity index is 763. The van der Waals surface area contributed by atoms with Crippen LogP contribution in [0.5, 0.6) is 0 Å². The average Bonchev–Trinajstić information content (AvgIpc) is 2.48. The predicted molar refractivity (Wildman–Crippen MR) is 73.5 cm³/mol. The molecule has 2 rings (SSSR count). The van der Waals surface area contributed by atoms with Crippen molar-refractivity contribution in [2.75, 3.05) is 0 Å². The highest BCUT2D eigenvalue weighted by Crippen LogP contribution is 2.11. The maximum absolute atomic E-state index is 11.8. The third kappa shape index (κ3) is 3.43. The highest BCUT2D eigenvalue weighted by atomic mass is 32.2. The Kier molecular flexibility index (Phi) is 4.13. The topological polar surface area (TPSA) is 79.5 Å². The zero-order valence-electron chi connectivity index (χ0n) is 10.3. The number of nitriles is 1. The van der Waals surface area contributed by atoms with E-state index in [1.165, 1.54) is 18.3 Å². The van der Waals surface area contributed by atoms with Crippen molar-refractivity contribution in [3.8, 4) is 6.07 Å². The predicted octanol–water partition coefficient (Wildman–Crippen LogP) is 2.30. The fourth-order valence-electron chi connectivity index (χ4n) is 1.46. The molecule has 0 saturated heterocycles. The summed E-state index contributed by atoms with van der Waals surface area (Å²) < 4.78 is 28.1. The molecule has 2 aromatic rings. The third-order valence-electron chi connectivity index (χ3n) is 2.39. The summed E-state index contributed by atoms with van der Waals surface area (Å²) in [7, 11) is -3.91. The number of rotatable bonds is 4. The van der Waals surface area contributed by atoms with Crippen LogP contribution in [0.25, 0.3) is 0 Å². The Morgan fingerprint density at radius 2 is 1.85 bits per heavy atom. The lowest BCUT2D eigenvalue weighted by Crippen LogP contribution is -2.02. The lowest BCUT2D eigenvalue weighted by atomic mass is 10.1. The van der Waals surface area contributed by atoms with Crippen LogP contribution in [0.1, 0.15) is 11.1 Å². The van der Waals surface area contributed by atoms with Crippen molar-refractivity contribution in [3.63, 3.8) is 0 Å². The maximum Gasteiger partial charge on any atom is 0.358 e. The number of hydrogen-bond acceptors (Lipinski definition) is 5. The summed E-state index contributed by atoms with van der Waals surface area (Å²) in [6.45, 7) is 0. The first-order valence-electron chi connectivity index (χ1n) is 5.64. The van der Waals surface area contributed by atoms with Crippen LogP contribution in [-0.4, -0.2) is 14.6 Å². The second kappa shape index (κ2) is 5.99. The summed E-state index contributed by atoms with van der Waals surface area (Å²) in [5.74, 6) is 0. The van der Waals surface area contributed by atoms with Gasteiger partial charge in [-0.25, -0.2) is 0 Å². The number of hydrogen-bond donors (Lipinski definition) is 0. The van der Waals surface area contributed by atoms with Crippen molar-refractivity contribution < 1.29 is 12.7 Å². The third-order valence-corrected chi connectivity index (χ3v) is 3.52. The molecule has 0 atom stereocenters. The van der Waals surface area contributed by atoms with Crippen LogP contribution in [0.3, 0.4) is 0 Å². The maximum atomic E-state index is 11.8. The summed E-state index contributed by atoms with van der Waals surface area (Å²) >= 11 is 0. The molecule has 0 spiro atoms. The van der Waals surface area contributed by atoms with Gasteiger partial charge in [-0.1, -0.05) is 35.5 Å². The zero-order chi connectivity index (χ0) is 14.4. The molecule has 0 saturated carbocycles. The van der Waals surface area contributed by atoms with Gasteiger partial charge in [0, 0.05) is 0 Å². The SMILES string of the molecule is N#Cc1cccc(C=NOS(=O)(=O)c2ccccc2)c1. The molecule has 0 fully saturated rings. The first-order chi connectivity index (χ1) is 9.62. The second-order valence-electron chi connectivity index (χ2n) is 3.81. The Morgan fingerprint density at radius 1 is 1.10 bits per heavy atom. The lowest BCUT2D eigenvalue weighted by molar-refractivity contribution is 0.341. The Hall–Kier alpha value is -2.65. The highest BCUT2D eigenvalue weighted by molar-refractivity contribution is 7.86. The van der Waals surface area contributed by atoms with Gasteiger partial charge in [-0.3, -0.25) is 4.28 Å². The van der Waals surface area contributed by atoms with Crippen molar-refractivity contribution in [2.24, 2.45) is 5.16 Å². The molecular weight excluding hydrogens is 276 g/mol. The van der Waals surface area contributed by atoms with Crippen LogP contribution < -0.4 is 0 Å². The van der Waals surface area contributed by atoms with Gasteiger partial charge in [-0.2, -0.15) is 13.7 Å². The normalized spacial score (nSPS) is 11.2. The van der Waals surface area contributed by atoms with Crippen LogP contribution >= 0.6 is 0 Å². The van der Waals surface area contributed by atoms with Gasteiger partial charge in [-0.15, -0.1) is 0 Å². The van der Waals surface area contributed by atoms with Crippen LogP contribution in [-0.2, 0) is 14.4 Å². The van der Waals surface area contributed by atoms with Gasteiger partial charge in [0.05, 0.1) is 17.8 Å². The molecule has 20 heavy (non-hydrogen) atoms. The van der Waals surface area contributed by atoms with Gasteiger partial charge in [-0.05, 0) is 29.8 Å². The van der Waals surface area contributed by atoms with E-state index in [0.29, 0.717) is 11.1 Å². The van der Waals surface area contributed by atoms with Gasteiger partial charge in [0.1, 0.15) is 4.90 Å². The van der Waals surface area contributed by atoms with Crippen LogP contribution in [0.4, 0.5) is 0 Å². The van der Waals surface area contributed by atoms with E-state index in [2.05, 4.69) is 9.44 Å². The average molecular weight is 286 g/mol. The molecule has 0 aliphatic carbocycles. The van der Waals surface area contributed by atoms with E-state index in [-0.39, 0.29) is 4.90 Å². The van der Waals surface area contributed by atoms with Gasteiger partial charge in [0.2, 0.25) is 0 Å². The minimum Gasteiger partial charge on any atom is -0.265 e. The fourth-order valence-corrected chi connectivity index (χ4v) is 2.19. The lowest BCUT2D eigenvalue weighted by Gasteiger charge is -2.00. The van der Waals surface area contributed by atoms with E-state index in [1.54, 1.807) is 42.5 Å². The molecule has 0 aromatic heterocycles. The van der Waals surface area contributed by atoms with Crippen molar-refractivity contribution in [3.05, 3.63) is 65.7 Å². The Labute approximate surface area is 116 Å². The molecule has 0 aliphatic heterocycles. The first-order valence-corrected chi connectivity index (χ1v) is 7.05. The van der Waals surface area contributed by atoms with Crippen LogP contribution in [0.15, 0.2) is 64.6 Å². The first kappa shape index (κ1) is 13.8. The fraction of sp³-hybridized carbons (Fsp3) is 0. The van der Waals surface area contributed by atoms with Gasteiger partial charge < -0.3 is 0 Å². The number of benzene rings is 2. The standard InChI is InChI=1S/C14H10N2O3S/c15-10-12-5-4-6-13(9-12)11-16-19-20(17,18)14-7-2-1-3-8-14/h1-9,11H. The molecule has 0 N–H and O–H groups in total. The van der Waals surface area contributed by atoms with Gasteiger partial charge in [0.15, 0.2) is 0 Å². The minimum atomic E-state index is -3.91. The van der Waals surface area contributed by atoms with E-state index >= 15 is 0 Å². The largest absolute Gasteiger partial charge is 0.358 e. The van der Waals surface area contributed by atoms with E-state index in [1.807, 2.05) is 6.07 Å². The van der Waals surface area contributed by atoms with Crippen molar-refractivity contribution >= 4 is 16.3 Å². The van der Waals surface area contributed by atoms with Crippen LogP contribution in [0, 0.1) is 11.3 Å². The van der Waals surface area contributed by atoms with E-state index < -0.39 is 10.1 Å². The minimum absolute atomic E-state index is 0.0305. The molecule has 0 radical (unpaired) electrons. The van der Waals surface area contributed by atoms with E-state index in [9.17, 15) is 8.42 Å². The Morgan fingerprint density at radius 3 is 2.55 bits per heavy atom. The second-order valence-corrected chi connectivity index (χ2v) is 5.34. The summed E-state index contributed by atoms with van der Waals surface area (Å²) in [6.07, 6.45) is 1.24. The zero-order valence-corrected chi connectivity index (χ0v) is 11.1. The molecule has 0 unspecified atom stereocenters. The van der Waals surface area contributed by atoms with Crippen LogP contribution in [0.2, 0.25) is 0 Å². The molecule has 5 nitrogen and oxygen atoms in total. The van der Waals surface area contributed by atoms with Gasteiger partial charge in [0.25, 0.3) is 0 Å². The summed E-state index contributed by atoms with van der Waals surface area (Å²) in [5, 5.41) is 12.2. The molecule has 0 heterocycles.